The van der Waals surface area contributed by atoms with Crippen LogP contribution in [0.25, 0.3) is 0 Å². The standard InChI is InChI=1S/C19H23.Al.H3O4P.2H/c1-18(2,3)16-12-9-13-17(14-16)19(4,5)15-10-7-6-8-11-15;;1-5(2,3)4;;/h6-11,13-14H,1-5H3;;(H3,1,2,3,4);;. The number of hydrogen-bond donors (Lipinski definition) is 3. The molecule has 0 aliphatic carbocycles. The molecule has 0 spiro atoms. The molecule has 0 bridgehead atoms. The summed E-state index contributed by atoms with van der Waals surface area (Å²) in [7, 11) is -4.64. The van der Waals surface area contributed by atoms with E-state index in [-0.39, 0.29) is 10.8 Å². The number of hydrogen-bond acceptors (Lipinski definition) is 1. The molecule has 0 radical (unpaired) electrons. The molecule has 0 aromatic heterocycles. The van der Waals surface area contributed by atoms with Gasteiger partial charge >= 0.3 is 7.82 Å². The van der Waals surface area contributed by atoms with E-state index < -0.39 is 7.82 Å². The molecule has 2 rings (SSSR count). The Bertz CT molecular complexity index is 737. The summed E-state index contributed by atoms with van der Waals surface area (Å²) in [6.07, 6.45) is 0. The Morgan fingerprint density at radius 2 is 1.32 bits per heavy atom. The molecule has 0 aliphatic heterocycles. The van der Waals surface area contributed by atoms with E-state index >= 15 is 0 Å². The van der Waals surface area contributed by atoms with Crippen LogP contribution in [0.15, 0.2) is 48.5 Å². The van der Waals surface area contributed by atoms with Gasteiger partial charge in [0.25, 0.3) is 16.3 Å². The van der Waals surface area contributed by atoms with Gasteiger partial charge in [0.1, 0.15) is 0 Å². The minimum atomic E-state index is -4.64. The zero-order valence-electron chi connectivity index (χ0n) is 15.8. The van der Waals surface area contributed by atoms with Crippen molar-refractivity contribution in [2.75, 3.05) is 0 Å². The van der Waals surface area contributed by atoms with Crippen molar-refractivity contribution in [1.82, 2.24) is 0 Å². The van der Waals surface area contributed by atoms with Crippen LogP contribution in [0.5, 0.6) is 0 Å². The normalized spacial score (nSPS) is 12.3. The van der Waals surface area contributed by atoms with Gasteiger partial charge in [-0.25, -0.2) is 4.57 Å². The molecular formula is C19H28AlO4P. The first-order valence-corrected chi connectivity index (χ1v) is 10.7. The fourth-order valence-corrected chi connectivity index (χ4v) is 3.90. The maximum absolute atomic E-state index is 8.88. The van der Waals surface area contributed by atoms with Gasteiger partial charge in [-0.1, -0.05) is 88.7 Å². The Hall–Kier alpha value is -0.918. The van der Waals surface area contributed by atoms with Gasteiger partial charge in [0, 0.05) is 5.41 Å². The Morgan fingerprint density at radius 1 is 0.840 bits per heavy atom. The summed E-state index contributed by atoms with van der Waals surface area (Å²) in [6, 6.07) is 17.9. The minimum absolute atomic E-state index is 0.0521. The highest BCUT2D eigenvalue weighted by atomic mass is 31.2. The third-order valence-electron chi connectivity index (χ3n) is 4.26. The van der Waals surface area contributed by atoms with Gasteiger partial charge in [-0.2, -0.15) is 0 Å². The highest BCUT2D eigenvalue weighted by molar-refractivity contribution is 7.45. The van der Waals surface area contributed by atoms with E-state index in [2.05, 4.69) is 83.1 Å². The lowest BCUT2D eigenvalue weighted by Gasteiger charge is -2.30. The average Bonchev–Trinajstić information content (AvgIpc) is 2.45. The number of phosphoric acid groups is 1. The molecular weight excluding hydrogens is 350 g/mol. The van der Waals surface area contributed by atoms with Crippen LogP contribution in [-0.2, 0) is 15.4 Å². The van der Waals surface area contributed by atoms with Crippen molar-refractivity contribution in [3.63, 3.8) is 0 Å². The van der Waals surface area contributed by atoms with Crippen LogP contribution in [0.3, 0.4) is 0 Å². The average molecular weight is 378 g/mol. The van der Waals surface area contributed by atoms with Crippen molar-refractivity contribution in [3.8, 4) is 0 Å². The molecule has 3 N–H and O–H groups in total. The zero-order chi connectivity index (χ0) is 19.5. The third-order valence-corrected chi connectivity index (χ3v) is 5.13. The van der Waals surface area contributed by atoms with Crippen molar-refractivity contribution in [1.29, 1.82) is 0 Å². The van der Waals surface area contributed by atoms with Crippen LogP contribution in [0.2, 0.25) is 0 Å². The Morgan fingerprint density at radius 3 is 1.76 bits per heavy atom. The summed E-state index contributed by atoms with van der Waals surface area (Å²) in [4.78, 5) is 21.6. The van der Waals surface area contributed by atoms with E-state index in [0.717, 1.165) is 16.3 Å². The molecule has 0 saturated carbocycles. The Labute approximate surface area is 158 Å². The third kappa shape index (κ3) is 7.07. The Balaban J connectivity index is 0.000000550. The first kappa shape index (κ1) is 22.1. The van der Waals surface area contributed by atoms with E-state index in [4.69, 9.17) is 19.2 Å². The molecule has 4 nitrogen and oxygen atoms in total. The predicted octanol–water partition coefficient (Wildman–Crippen LogP) is 2.64. The largest absolute Gasteiger partial charge is 0.466 e. The molecule has 2 aromatic rings. The fourth-order valence-electron chi connectivity index (χ4n) is 2.84. The van der Waals surface area contributed by atoms with Crippen molar-refractivity contribution < 1.29 is 19.2 Å². The molecule has 25 heavy (non-hydrogen) atoms. The lowest BCUT2D eigenvalue weighted by molar-refractivity contribution is 0.275. The summed E-state index contributed by atoms with van der Waals surface area (Å²) >= 11 is 1.11. The number of rotatable bonds is 2. The fraction of sp³-hybridized carbons (Fsp3) is 0.368. The van der Waals surface area contributed by atoms with Gasteiger partial charge in [0.2, 0.25) is 0 Å². The van der Waals surface area contributed by atoms with Crippen LogP contribution in [0.1, 0.15) is 51.3 Å². The van der Waals surface area contributed by atoms with Crippen LogP contribution < -0.4 is 4.43 Å². The molecule has 0 atom stereocenters. The first-order chi connectivity index (χ1) is 11.2. The number of benzene rings is 2. The van der Waals surface area contributed by atoms with Crippen LogP contribution in [0.4, 0.5) is 0 Å². The van der Waals surface area contributed by atoms with Gasteiger partial charge in [-0.05, 0) is 16.5 Å². The predicted molar refractivity (Wildman–Crippen MR) is 106 cm³/mol. The van der Waals surface area contributed by atoms with E-state index in [9.17, 15) is 0 Å². The summed E-state index contributed by atoms with van der Waals surface area (Å²) in [5.41, 5.74) is 4.57. The zero-order valence-corrected chi connectivity index (χ0v) is 18.7. The molecule has 0 amide bonds. The van der Waals surface area contributed by atoms with Gasteiger partial charge in [-0.3, -0.25) is 0 Å². The van der Waals surface area contributed by atoms with Crippen molar-refractivity contribution in [3.05, 3.63) is 65.2 Å². The van der Waals surface area contributed by atoms with Crippen molar-refractivity contribution in [2.24, 2.45) is 0 Å². The smallest absolute Gasteiger partial charge is 0.303 e. The highest BCUT2D eigenvalue weighted by Gasteiger charge is 2.25. The second-order valence-electron chi connectivity index (χ2n) is 7.78. The van der Waals surface area contributed by atoms with E-state index in [0.29, 0.717) is 0 Å². The molecule has 136 valence electrons. The lowest BCUT2D eigenvalue weighted by Crippen LogP contribution is -2.26. The van der Waals surface area contributed by atoms with Crippen molar-refractivity contribution in [2.45, 2.75) is 45.4 Å². The van der Waals surface area contributed by atoms with Crippen molar-refractivity contribution >= 4 is 28.5 Å². The summed E-state index contributed by atoms with van der Waals surface area (Å²) in [6.45, 7) is 11.6. The molecule has 0 fully saturated rings. The van der Waals surface area contributed by atoms with E-state index in [1.807, 2.05) is 0 Å². The molecule has 0 unspecified atom stereocenters. The highest BCUT2D eigenvalue weighted by Crippen LogP contribution is 2.33. The van der Waals surface area contributed by atoms with Gasteiger partial charge in [0.15, 0.2) is 0 Å². The van der Waals surface area contributed by atoms with Gasteiger partial charge < -0.3 is 14.7 Å². The van der Waals surface area contributed by atoms with Crippen LogP contribution in [-0.4, -0.2) is 31.0 Å². The Kier molecular flexibility index (Phi) is 7.24. The monoisotopic (exact) mass is 378 g/mol. The SMILES string of the molecule is CC(C)(C)c1cc(C(C)(C)c2ccccc2)cc[c]1[AlH2].O=P(O)(O)O. The van der Waals surface area contributed by atoms with Gasteiger partial charge in [0.05, 0.1) is 0 Å². The molecule has 0 aliphatic rings. The van der Waals surface area contributed by atoms with E-state index in [1.165, 1.54) is 21.1 Å². The summed E-state index contributed by atoms with van der Waals surface area (Å²) in [5.74, 6) is 0. The molecule has 0 heterocycles. The molecule has 6 heteroatoms. The van der Waals surface area contributed by atoms with E-state index in [1.54, 1.807) is 0 Å². The maximum atomic E-state index is 8.88. The minimum Gasteiger partial charge on any atom is -0.303 e. The topological polar surface area (TPSA) is 77.8 Å². The first-order valence-electron chi connectivity index (χ1n) is 8.18. The quantitative estimate of drug-likeness (QED) is 0.555. The summed E-state index contributed by atoms with van der Waals surface area (Å²) in [5, 5.41) is 0. The van der Waals surface area contributed by atoms with Crippen LogP contribution >= 0.6 is 7.82 Å². The second kappa shape index (κ2) is 8.19. The lowest BCUT2D eigenvalue weighted by atomic mass is 9.75. The second-order valence-corrected chi connectivity index (χ2v) is 9.89. The molecule has 0 saturated heterocycles. The van der Waals surface area contributed by atoms with Gasteiger partial charge in [-0.15, -0.1) is 4.43 Å². The maximum Gasteiger partial charge on any atom is 0.466 e. The summed E-state index contributed by atoms with van der Waals surface area (Å²) < 4.78 is 10.4. The van der Waals surface area contributed by atoms with Crippen LogP contribution in [0, 0.1) is 0 Å². The molecule has 2 aromatic carbocycles.